The average Bonchev–Trinajstić information content (AvgIpc) is 2.53. The Bertz CT molecular complexity index is 624. The van der Waals surface area contributed by atoms with Crippen LogP contribution >= 0.6 is 0 Å². The van der Waals surface area contributed by atoms with Gasteiger partial charge in [-0.25, -0.2) is 8.78 Å². The number of aldehydes is 1. The van der Waals surface area contributed by atoms with Crippen molar-refractivity contribution in [3.8, 4) is 5.75 Å². The first-order valence-electron chi connectivity index (χ1n) is 7.79. The molecule has 2 unspecified atom stereocenters. The molecule has 132 valence electrons. The van der Waals surface area contributed by atoms with Crippen molar-refractivity contribution in [3.63, 3.8) is 0 Å². The summed E-state index contributed by atoms with van der Waals surface area (Å²) in [5.74, 6) is -2.24. The largest absolute Gasteiger partial charge is 0.487 e. The van der Waals surface area contributed by atoms with Gasteiger partial charge in [0.15, 0.2) is 17.4 Å². The van der Waals surface area contributed by atoms with Crippen LogP contribution in [0.2, 0.25) is 0 Å². The molecule has 0 saturated heterocycles. The molecule has 1 aliphatic rings. The molecule has 24 heavy (non-hydrogen) atoms. The number of ether oxygens (including phenoxy) is 1. The summed E-state index contributed by atoms with van der Waals surface area (Å²) >= 11 is 0. The normalized spacial score (nSPS) is 21.0. The van der Waals surface area contributed by atoms with Crippen LogP contribution in [0.3, 0.4) is 0 Å². The molecule has 2 atom stereocenters. The van der Waals surface area contributed by atoms with Crippen molar-refractivity contribution in [3.05, 3.63) is 29.3 Å². The Kier molecular flexibility index (Phi) is 5.54. The van der Waals surface area contributed by atoms with Crippen LogP contribution in [-0.4, -0.2) is 36.4 Å². The van der Waals surface area contributed by atoms with Crippen LogP contribution in [0, 0.1) is 23.0 Å². The maximum Gasteiger partial charge on any atom is 0.190 e. The molecule has 0 spiro atoms. The fraction of sp³-hybridized carbons (Fsp3) is 0.529. The summed E-state index contributed by atoms with van der Waals surface area (Å²) in [6.45, 7) is 5.12. The van der Waals surface area contributed by atoms with E-state index in [1.807, 2.05) is 6.92 Å². The molecule has 2 rings (SSSR count). The zero-order valence-electron chi connectivity index (χ0n) is 14.0. The summed E-state index contributed by atoms with van der Waals surface area (Å²) in [4.78, 5) is 10.8. The highest BCUT2D eigenvalue weighted by atomic mass is 19.1. The molecule has 0 amide bonds. The lowest BCUT2D eigenvalue weighted by Crippen LogP contribution is -2.37. The van der Waals surface area contributed by atoms with E-state index >= 15 is 0 Å². The second-order valence-corrected chi connectivity index (χ2v) is 6.89. The number of nitrogens with zero attached hydrogens (tertiary/aromatic N) is 1. The van der Waals surface area contributed by atoms with Gasteiger partial charge >= 0.3 is 0 Å². The van der Waals surface area contributed by atoms with E-state index in [-0.39, 0.29) is 25.2 Å². The Morgan fingerprint density at radius 2 is 2.04 bits per heavy atom. The third-order valence-corrected chi connectivity index (χ3v) is 3.92. The second kappa shape index (κ2) is 7.25. The zero-order valence-corrected chi connectivity index (χ0v) is 14.0. The van der Waals surface area contributed by atoms with E-state index in [9.17, 15) is 18.7 Å². The van der Waals surface area contributed by atoms with E-state index in [2.05, 4.69) is 10.5 Å². The Morgan fingerprint density at radius 1 is 1.42 bits per heavy atom. The maximum atomic E-state index is 14.3. The van der Waals surface area contributed by atoms with Gasteiger partial charge in [0.05, 0.1) is 25.0 Å². The Labute approximate surface area is 139 Å². The molecular weight excluding hydrogens is 318 g/mol. The van der Waals surface area contributed by atoms with Crippen LogP contribution in [0.5, 0.6) is 5.75 Å². The molecule has 1 aromatic rings. The van der Waals surface area contributed by atoms with E-state index in [0.29, 0.717) is 17.7 Å². The van der Waals surface area contributed by atoms with Gasteiger partial charge in [-0.3, -0.25) is 5.43 Å². The number of carbonyl (C=O) groups excluding carboxylic acids is 1. The van der Waals surface area contributed by atoms with E-state index in [0.717, 1.165) is 6.29 Å². The third-order valence-electron chi connectivity index (χ3n) is 3.92. The predicted molar refractivity (Wildman–Crippen MR) is 86.0 cm³/mol. The van der Waals surface area contributed by atoms with Crippen molar-refractivity contribution in [1.29, 1.82) is 0 Å². The fourth-order valence-corrected chi connectivity index (χ4v) is 2.40. The Morgan fingerprint density at radius 3 is 2.54 bits per heavy atom. The second-order valence-electron chi connectivity index (χ2n) is 6.89. The van der Waals surface area contributed by atoms with Crippen molar-refractivity contribution in [1.82, 2.24) is 5.43 Å². The lowest BCUT2D eigenvalue weighted by Gasteiger charge is -2.25. The number of hydrogen-bond donors (Lipinski definition) is 2. The molecule has 1 aliphatic heterocycles. The van der Waals surface area contributed by atoms with E-state index in [4.69, 9.17) is 4.74 Å². The first-order chi connectivity index (χ1) is 11.3. The molecule has 0 aliphatic carbocycles. The summed E-state index contributed by atoms with van der Waals surface area (Å²) in [5, 5.41) is 13.3. The van der Waals surface area contributed by atoms with Crippen molar-refractivity contribution in [2.75, 3.05) is 13.2 Å². The Hall–Kier alpha value is -2.02. The number of hydrazone groups is 1. The number of benzene rings is 1. The molecule has 1 aromatic carbocycles. The van der Waals surface area contributed by atoms with E-state index in [1.54, 1.807) is 13.8 Å². The highest BCUT2D eigenvalue weighted by Gasteiger charge is 2.26. The molecule has 0 bridgehead atoms. The van der Waals surface area contributed by atoms with Crippen LogP contribution in [0.15, 0.2) is 17.2 Å². The lowest BCUT2D eigenvalue weighted by molar-refractivity contribution is -0.109. The van der Waals surface area contributed by atoms with Gasteiger partial charge in [0, 0.05) is 16.9 Å². The summed E-state index contributed by atoms with van der Waals surface area (Å²) in [6, 6.07) is 1.95. The minimum absolute atomic E-state index is 0.0173. The molecule has 2 N–H and O–H groups in total. The highest BCUT2D eigenvalue weighted by Crippen LogP contribution is 2.28. The topological polar surface area (TPSA) is 70.9 Å². The van der Waals surface area contributed by atoms with Crippen LogP contribution in [0.4, 0.5) is 8.78 Å². The van der Waals surface area contributed by atoms with Gasteiger partial charge in [-0.15, -0.1) is 0 Å². The lowest BCUT2D eigenvalue weighted by atomic mass is 9.91. The maximum absolute atomic E-state index is 14.3. The monoisotopic (exact) mass is 340 g/mol. The third kappa shape index (κ3) is 4.08. The number of hydrogen-bond acceptors (Lipinski definition) is 5. The smallest absolute Gasteiger partial charge is 0.190 e. The Balaban J connectivity index is 2.24. The molecule has 5 nitrogen and oxygen atoms in total. The summed E-state index contributed by atoms with van der Waals surface area (Å²) in [6.07, 6.45) is 1.27. The first kappa shape index (κ1) is 18.3. The standard InChI is InChI=1S/C17H22F2N2O3/c1-10-4-12(7-22)20-21-15(10)11-5-13(18)16(14(19)6-11)24-9-17(2,3)8-23/h5-7,10,12,20,23H,4,8-9H2,1-3H3. The van der Waals surface area contributed by atoms with Gasteiger partial charge in [-0.1, -0.05) is 20.8 Å². The van der Waals surface area contributed by atoms with Crippen LogP contribution < -0.4 is 10.2 Å². The molecule has 0 saturated carbocycles. The fourth-order valence-electron chi connectivity index (χ4n) is 2.40. The van der Waals surface area contributed by atoms with Crippen LogP contribution in [0.25, 0.3) is 0 Å². The van der Waals surface area contributed by atoms with E-state index in [1.165, 1.54) is 12.1 Å². The quantitative estimate of drug-likeness (QED) is 0.780. The average molecular weight is 340 g/mol. The minimum Gasteiger partial charge on any atom is -0.487 e. The number of nitrogens with one attached hydrogen (secondary N) is 1. The molecule has 0 fully saturated rings. The van der Waals surface area contributed by atoms with Gasteiger partial charge in [0.25, 0.3) is 0 Å². The van der Waals surface area contributed by atoms with Crippen molar-refractivity contribution >= 4 is 12.0 Å². The summed E-state index contributed by atoms with van der Waals surface area (Å²) in [7, 11) is 0. The molecular formula is C17H22F2N2O3. The SMILES string of the molecule is CC1CC(C=O)NN=C1c1cc(F)c(OCC(C)(C)CO)c(F)c1. The number of carbonyl (C=O) groups is 1. The van der Waals surface area contributed by atoms with Crippen molar-refractivity contribution in [2.45, 2.75) is 33.2 Å². The summed E-state index contributed by atoms with van der Waals surface area (Å²) < 4.78 is 33.7. The van der Waals surface area contributed by atoms with Crippen molar-refractivity contribution < 1.29 is 23.4 Å². The zero-order chi connectivity index (χ0) is 17.9. The number of aliphatic hydroxyl groups excluding tert-OH is 1. The van der Waals surface area contributed by atoms with Crippen molar-refractivity contribution in [2.24, 2.45) is 16.4 Å². The molecule has 0 aromatic heterocycles. The number of aliphatic hydroxyl groups is 1. The van der Waals surface area contributed by atoms with Gasteiger partial charge in [-0.2, -0.15) is 5.10 Å². The minimum atomic E-state index is -0.828. The number of halogens is 2. The number of rotatable bonds is 6. The van der Waals surface area contributed by atoms with E-state index < -0.39 is 22.8 Å². The van der Waals surface area contributed by atoms with Gasteiger partial charge in [-0.05, 0) is 18.6 Å². The molecule has 1 heterocycles. The molecule has 7 heteroatoms. The predicted octanol–water partition coefficient (Wildman–Crippen LogP) is 2.26. The van der Waals surface area contributed by atoms with Gasteiger partial charge < -0.3 is 14.6 Å². The first-order valence-corrected chi connectivity index (χ1v) is 7.79. The highest BCUT2D eigenvalue weighted by molar-refractivity contribution is 6.02. The summed E-state index contributed by atoms with van der Waals surface area (Å²) in [5.41, 5.74) is 2.87. The van der Waals surface area contributed by atoms with Gasteiger partial charge in [0.1, 0.15) is 6.29 Å². The van der Waals surface area contributed by atoms with Crippen LogP contribution in [0.1, 0.15) is 32.8 Å². The van der Waals surface area contributed by atoms with Crippen LogP contribution in [-0.2, 0) is 4.79 Å². The molecule has 0 radical (unpaired) electrons. The van der Waals surface area contributed by atoms with Gasteiger partial charge in [0.2, 0.25) is 0 Å².